The molecule has 0 aliphatic rings. The van der Waals surface area contributed by atoms with E-state index in [1.807, 2.05) is 19.9 Å². The van der Waals surface area contributed by atoms with E-state index in [1.54, 1.807) is 24.3 Å². The summed E-state index contributed by atoms with van der Waals surface area (Å²) in [7, 11) is 2.90. The number of nitrogens with one attached hydrogen (secondary N) is 1. The van der Waals surface area contributed by atoms with Gasteiger partial charge in [0.25, 0.3) is 0 Å². The largest absolute Gasteiger partial charge is 0.496 e. The molecule has 172 valence electrons. The predicted molar refractivity (Wildman–Crippen MR) is 124 cm³/mol. The fourth-order valence-electron chi connectivity index (χ4n) is 3.54. The van der Waals surface area contributed by atoms with Gasteiger partial charge in [0.05, 0.1) is 30.7 Å². The number of benzene rings is 2. The average molecular weight is 451 g/mol. The minimum Gasteiger partial charge on any atom is -0.496 e. The summed E-state index contributed by atoms with van der Waals surface area (Å²) >= 11 is 0. The molecule has 9 heteroatoms. The third-order valence-corrected chi connectivity index (χ3v) is 5.06. The molecular weight excluding hydrogens is 426 g/mol. The van der Waals surface area contributed by atoms with Crippen LogP contribution in [0.15, 0.2) is 59.4 Å². The molecule has 9 nitrogen and oxygen atoms in total. The van der Waals surface area contributed by atoms with E-state index >= 15 is 0 Å². The van der Waals surface area contributed by atoms with Gasteiger partial charge in [-0.1, -0.05) is 17.7 Å². The van der Waals surface area contributed by atoms with Gasteiger partial charge in [0.1, 0.15) is 29.0 Å². The molecule has 2 N–H and O–H groups in total. The number of fused-ring (bicyclic) bond motifs is 1. The molecule has 0 saturated heterocycles. The lowest BCUT2D eigenvalue weighted by Crippen LogP contribution is -2.14. The molecule has 0 spiro atoms. The van der Waals surface area contributed by atoms with Crippen LogP contribution in [0.3, 0.4) is 0 Å². The molecule has 3 rings (SSSR count). The molecule has 0 unspecified atom stereocenters. The van der Waals surface area contributed by atoms with Gasteiger partial charge in [0.15, 0.2) is 0 Å². The summed E-state index contributed by atoms with van der Waals surface area (Å²) in [5.74, 6) is 0.000737. The fraction of sp³-hybridized carbons (Fsp3) is 0.250. The van der Waals surface area contributed by atoms with E-state index in [-0.39, 0.29) is 17.1 Å². The van der Waals surface area contributed by atoms with E-state index in [2.05, 4.69) is 15.6 Å². The summed E-state index contributed by atoms with van der Waals surface area (Å²) < 4.78 is 17.1. The Balaban J connectivity index is 2.26. The molecule has 1 atom stereocenters. The number of pyridine rings is 1. The molecule has 0 radical (unpaired) electrons. The maximum Gasteiger partial charge on any atom is 0.357 e. The third kappa shape index (κ3) is 4.93. The lowest BCUT2D eigenvalue weighted by Gasteiger charge is -2.23. The van der Waals surface area contributed by atoms with E-state index in [0.29, 0.717) is 34.2 Å². The highest BCUT2D eigenvalue weighted by Gasteiger charge is 2.27. The molecule has 1 heterocycles. The minimum absolute atomic E-state index is 0.0815. The molecule has 1 aromatic heterocycles. The van der Waals surface area contributed by atoms with Crippen molar-refractivity contribution in [1.82, 2.24) is 4.98 Å². The summed E-state index contributed by atoms with van der Waals surface area (Å²) in [6, 6.07) is 9.57. The number of ether oxygens (including phenoxy) is 3. The van der Waals surface area contributed by atoms with Crippen LogP contribution in [0.5, 0.6) is 11.5 Å². The van der Waals surface area contributed by atoms with Crippen LogP contribution in [0.25, 0.3) is 10.8 Å². The fourth-order valence-corrected chi connectivity index (χ4v) is 3.54. The number of rotatable bonds is 9. The first kappa shape index (κ1) is 23.7. The number of anilines is 1. The van der Waals surface area contributed by atoms with E-state index in [1.165, 1.54) is 32.5 Å². The van der Waals surface area contributed by atoms with Gasteiger partial charge >= 0.3 is 5.97 Å². The number of methoxy groups -OCH3 is 2. The van der Waals surface area contributed by atoms with Crippen LogP contribution in [0.2, 0.25) is 0 Å². The number of nitroso groups, excluding NO2 is 1. The van der Waals surface area contributed by atoms with E-state index in [0.717, 1.165) is 5.57 Å². The highest BCUT2D eigenvalue weighted by Crippen LogP contribution is 2.48. The van der Waals surface area contributed by atoms with Crippen LogP contribution in [-0.4, -0.2) is 30.4 Å². The van der Waals surface area contributed by atoms with Crippen molar-refractivity contribution in [3.8, 4) is 11.5 Å². The lowest BCUT2D eigenvalue weighted by atomic mass is 9.96. The molecule has 3 aromatic rings. The Kier molecular flexibility index (Phi) is 7.57. The molecule has 0 fully saturated rings. The number of carbonyl (C=O) groups is 1. The number of hydrogen-bond acceptors (Lipinski definition) is 9. The first-order valence-electron chi connectivity index (χ1n) is 10.2. The van der Waals surface area contributed by atoms with E-state index in [9.17, 15) is 14.9 Å². The summed E-state index contributed by atoms with van der Waals surface area (Å²) in [6.07, 6.45) is 2.99. The van der Waals surface area contributed by atoms with Gasteiger partial charge in [-0.15, -0.1) is 4.91 Å². The second-order valence-corrected chi connectivity index (χ2v) is 7.41. The normalized spacial score (nSPS) is 11.4. The smallest absolute Gasteiger partial charge is 0.357 e. The zero-order valence-corrected chi connectivity index (χ0v) is 18.8. The van der Waals surface area contributed by atoms with E-state index in [4.69, 9.17) is 14.2 Å². The second-order valence-electron chi connectivity index (χ2n) is 7.41. The van der Waals surface area contributed by atoms with E-state index < -0.39 is 12.1 Å². The average Bonchev–Trinajstić information content (AvgIpc) is 2.84. The molecule has 2 aromatic carbocycles. The van der Waals surface area contributed by atoms with Crippen molar-refractivity contribution >= 4 is 28.1 Å². The van der Waals surface area contributed by atoms with Crippen LogP contribution in [0.4, 0.5) is 11.4 Å². The molecule has 0 aliphatic heterocycles. The molecular formula is C24H25N3O6. The van der Waals surface area contributed by atoms with Crippen LogP contribution >= 0.6 is 0 Å². The van der Waals surface area contributed by atoms with Crippen molar-refractivity contribution in [1.29, 1.82) is 0 Å². The van der Waals surface area contributed by atoms with Crippen molar-refractivity contribution in [3.63, 3.8) is 0 Å². The van der Waals surface area contributed by atoms with Crippen LogP contribution in [0.1, 0.15) is 42.4 Å². The van der Waals surface area contributed by atoms with Crippen molar-refractivity contribution < 1.29 is 24.2 Å². The Labute approximate surface area is 190 Å². The standard InChI is InChI=1S/C24H25N3O6/c1-14(2)8-11-19(33-24(28)18-7-5-6-12-25-18)15-13-20(31-3)21-16(26-29)9-10-17(27-30)22(21)23(15)32-4/h5-10,12-13,19,26,29H,11H2,1-4H3/t19-/m1/s1. The Morgan fingerprint density at radius 2 is 1.97 bits per heavy atom. The Bertz CT molecular complexity index is 1190. The Hall–Kier alpha value is -3.98. The monoisotopic (exact) mass is 451 g/mol. The minimum atomic E-state index is -0.784. The molecule has 0 amide bonds. The molecule has 0 bridgehead atoms. The quantitative estimate of drug-likeness (QED) is 0.184. The third-order valence-electron chi connectivity index (χ3n) is 5.06. The summed E-state index contributed by atoms with van der Waals surface area (Å²) in [5.41, 5.74) is 4.15. The number of nitrogens with zero attached hydrogens (tertiary/aromatic N) is 2. The molecule has 33 heavy (non-hydrogen) atoms. The molecule has 0 saturated carbocycles. The first-order chi connectivity index (χ1) is 15.9. The van der Waals surface area contributed by atoms with Crippen LogP contribution in [-0.2, 0) is 4.74 Å². The van der Waals surface area contributed by atoms with Gasteiger partial charge in [-0.2, -0.15) is 0 Å². The topological polar surface area (TPSA) is 119 Å². The van der Waals surface area contributed by atoms with Crippen molar-refractivity contribution in [2.24, 2.45) is 5.18 Å². The number of esters is 1. The highest BCUT2D eigenvalue weighted by atomic mass is 16.5. The summed E-state index contributed by atoms with van der Waals surface area (Å²) in [6.45, 7) is 3.87. The SMILES string of the molecule is COc1cc([C@@H](CC=C(C)C)OC(=O)c2ccccn2)c(OC)c2c(N=O)ccc(NO)c12. The van der Waals surface area contributed by atoms with Crippen molar-refractivity contribution in [3.05, 3.63) is 70.4 Å². The predicted octanol–water partition coefficient (Wildman–Crippen LogP) is 5.71. The summed E-state index contributed by atoms with van der Waals surface area (Å²) in [4.78, 5) is 28.5. The Morgan fingerprint density at radius 3 is 2.55 bits per heavy atom. The zero-order valence-electron chi connectivity index (χ0n) is 18.8. The number of aromatic nitrogens is 1. The highest BCUT2D eigenvalue weighted by molar-refractivity contribution is 6.08. The first-order valence-corrected chi connectivity index (χ1v) is 10.2. The van der Waals surface area contributed by atoms with Gasteiger partial charge in [0.2, 0.25) is 0 Å². The van der Waals surface area contributed by atoms with Gasteiger partial charge in [-0.3, -0.25) is 10.7 Å². The van der Waals surface area contributed by atoms with Crippen molar-refractivity contribution in [2.75, 3.05) is 19.7 Å². The Morgan fingerprint density at radius 1 is 1.18 bits per heavy atom. The van der Waals surface area contributed by atoms with Gasteiger partial charge in [-0.25, -0.2) is 9.78 Å². The van der Waals surface area contributed by atoms with Crippen LogP contribution in [0, 0.1) is 4.91 Å². The van der Waals surface area contributed by atoms with Gasteiger partial charge in [0, 0.05) is 18.2 Å². The lowest BCUT2D eigenvalue weighted by molar-refractivity contribution is 0.0291. The summed E-state index contributed by atoms with van der Waals surface area (Å²) in [5, 5.41) is 13.4. The number of carbonyl (C=O) groups excluding carboxylic acids is 1. The maximum atomic E-state index is 12.8. The van der Waals surface area contributed by atoms with Gasteiger partial charge < -0.3 is 14.2 Å². The van der Waals surface area contributed by atoms with Crippen LogP contribution < -0.4 is 15.0 Å². The number of allylic oxidation sites excluding steroid dienone is 1. The molecule has 0 aliphatic carbocycles. The maximum absolute atomic E-state index is 12.8. The number of hydrogen-bond donors (Lipinski definition) is 2. The zero-order chi connectivity index (χ0) is 24.0. The van der Waals surface area contributed by atoms with Gasteiger partial charge in [-0.05, 0) is 49.4 Å². The van der Waals surface area contributed by atoms with Crippen molar-refractivity contribution in [2.45, 2.75) is 26.4 Å². The second kappa shape index (κ2) is 10.6.